The fraction of sp³-hybridized carbons (Fsp3) is 0.462. The van der Waals surface area contributed by atoms with Gasteiger partial charge in [0.15, 0.2) is 18.2 Å². The van der Waals surface area contributed by atoms with Crippen molar-refractivity contribution in [3.05, 3.63) is 29.8 Å². The third-order valence-electron chi connectivity index (χ3n) is 2.81. The van der Waals surface area contributed by atoms with Gasteiger partial charge in [0.25, 0.3) is 5.91 Å². The summed E-state index contributed by atoms with van der Waals surface area (Å²) in [5.74, 6) is -2.15. The fourth-order valence-electron chi connectivity index (χ4n) is 1.80. The van der Waals surface area contributed by atoms with Crippen LogP contribution in [0.15, 0.2) is 18.2 Å². The number of carbonyl (C=O) groups excluding carboxylic acids is 1. The minimum atomic E-state index is -1.00. The Morgan fingerprint density at radius 3 is 2.95 bits per heavy atom. The standard InChI is InChI=1S/C13H15F2NO3/c14-11-4-3-9(6-12(11)15)19-8-13(17)16-7-10-2-1-5-18-10/h3-4,6,10H,1-2,5,7-8H2,(H,16,17). The number of halogens is 2. The molecule has 19 heavy (non-hydrogen) atoms. The molecule has 0 saturated carbocycles. The van der Waals surface area contributed by atoms with Crippen molar-refractivity contribution in [1.29, 1.82) is 0 Å². The second kappa shape index (κ2) is 6.47. The minimum absolute atomic E-state index is 0.0622. The van der Waals surface area contributed by atoms with E-state index in [1.165, 1.54) is 6.07 Å². The van der Waals surface area contributed by atoms with E-state index in [0.29, 0.717) is 6.54 Å². The topological polar surface area (TPSA) is 47.6 Å². The van der Waals surface area contributed by atoms with Gasteiger partial charge in [-0.2, -0.15) is 0 Å². The molecule has 1 aliphatic rings. The maximum absolute atomic E-state index is 12.9. The Balaban J connectivity index is 1.71. The van der Waals surface area contributed by atoms with Crippen LogP contribution in [0.1, 0.15) is 12.8 Å². The molecule has 1 saturated heterocycles. The van der Waals surface area contributed by atoms with Crippen LogP contribution in [0, 0.1) is 11.6 Å². The molecule has 104 valence electrons. The number of ether oxygens (including phenoxy) is 2. The Labute approximate surface area is 109 Å². The van der Waals surface area contributed by atoms with Crippen LogP contribution >= 0.6 is 0 Å². The SMILES string of the molecule is O=C(COc1ccc(F)c(F)c1)NCC1CCCO1. The first kappa shape index (κ1) is 13.7. The number of carbonyl (C=O) groups is 1. The average Bonchev–Trinajstić information content (AvgIpc) is 2.91. The molecule has 1 aromatic rings. The maximum Gasteiger partial charge on any atom is 0.258 e. The molecule has 0 aliphatic carbocycles. The van der Waals surface area contributed by atoms with E-state index in [0.717, 1.165) is 31.6 Å². The predicted molar refractivity (Wildman–Crippen MR) is 63.8 cm³/mol. The van der Waals surface area contributed by atoms with Crippen LogP contribution in [0.4, 0.5) is 8.78 Å². The van der Waals surface area contributed by atoms with E-state index < -0.39 is 11.6 Å². The first-order chi connectivity index (χ1) is 9.15. The van der Waals surface area contributed by atoms with Crippen LogP contribution < -0.4 is 10.1 Å². The Morgan fingerprint density at radius 1 is 1.42 bits per heavy atom. The summed E-state index contributed by atoms with van der Waals surface area (Å²) in [6, 6.07) is 3.13. The van der Waals surface area contributed by atoms with Crippen molar-refractivity contribution in [2.45, 2.75) is 18.9 Å². The maximum atomic E-state index is 12.9. The van der Waals surface area contributed by atoms with Gasteiger partial charge in [0, 0.05) is 19.2 Å². The van der Waals surface area contributed by atoms with E-state index in [-0.39, 0.29) is 24.4 Å². The van der Waals surface area contributed by atoms with E-state index in [1.54, 1.807) is 0 Å². The highest BCUT2D eigenvalue weighted by Gasteiger charge is 2.16. The quantitative estimate of drug-likeness (QED) is 0.885. The van der Waals surface area contributed by atoms with Gasteiger partial charge in [0.05, 0.1) is 6.10 Å². The summed E-state index contributed by atoms with van der Waals surface area (Å²) in [6.45, 7) is 0.934. The van der Waals surface area contributed by atoms with Gasteiger partial charge in [-0.15, -0.1) is 0 Å². The summed E-state index contributed by atoms with van der Waals surface area (Å²) < 4.78 is 36.0. The van der Waals surface area contributed by atoms with E-state index in [2.05, 4.69) is 5.32 Å². The number of amides is 1. The molecular weight excluding hydrogens is 256 g/mol. The number of hydrogen-bond acceptors (Lipinski definition) is 3. The van der Waals surface area contributed by atoms with Crippen molar-refractivity contribution in [1.82, 2.24) is 5.32 Å². The van der Waals surface area contributed by atoms with Crippen LogP contribution in [0.2, 0.25) is 0 Å². The van der Waals surface area contributed by atoms with Crippen LogP contribution in [-0.4, -0.2) is 31.8 Å². The molecule has 6 heteroatoms. The largest absolute Gasteiger partial charge is 0.484 e. The highest BCUT2D eigenvalue weighted by Crippen LogP contribution is 2.15. The summed E-state index contributed by atoms with van der Waals surface area (Å²) in [4.78, 5) is 11.5. The molecule has 1 amide bonds. The lowest BCUT2D eigenvalue weighted by molar-refractivity contribution is -0.123. The Hall–Kier alpha value is -1.69. The molecule has 1 unspecified atom stereocenters. The smallest absolute Gasteiger partial charge is 0.258 e. The van der Waals surface area contributed by atoms with Gasteiger partial charge in [0.2, 0.25) is 0 Å². The summed E-state index contributed by atoms with van der Waals surface area (Å²) in [7, 11) is 0. The predicted octanol–water partition coefficient (Wildman–Crippen LogP) is 1.64. The Morgan fingerprint density at radius 2 is 2.26 bits per heavy atom. The zero-order valence-corrected chi connectivity index (χ0v) is 10.3. The average molecular weight is 271 g/mol. The Bertz CT molecular complexity index is 448. The number of rotatable bonds is 5. The molecule has 1 aliphatic heterocycles. The number of hydrogen-bond donors (Lipinski definition) is 1. The first-order valence-corrected chi connectivity index (χ1v) is 6.11. The van der Waals surface area contributed by atoms with E-state index in [9.17, 15) is 13.6 Å². The second-order valence-electron chi connectivity index (χ2n) is 4.30. The molecular formula is C13H15F2NO3. The molecule has 0 aromatic heterocycles. The van der Waals surface area contributed by atoms with Crippen LogP contribution in [0.3, 0.4) is 0 Å². The highest BCUT2D eigenvalue weighted by molar-refractivity contribution is 5.77. The van der Waals surface area contributed by atoms with Gasteiger partial charge in [-0.3, -0.25) is 4.79 Å². The van der Waals surface area contributed by atoms with E-state index in [1.807, 2.05) is 0 Å². The van der Waals surface area contributed by atoms with Crippen LogP contribution in [0.25, 0.3) is 0 Å². The summed E-state index contributed by atoms with van der Waals surface area (Å²) in [5, 5.41) is 2.66. The molecule has 0 bridgehead atoms. The van der Waals surface area contributed by atoms with E-state index >= 15 is 0 Å². The molecule has 1 heterocycles. The zero-order chi connectivity index (χ0) is 13.7. The molecule has 1 fully saturated rings. The monoisotopic (exact) mass is 271 g/mol. The lowest BCUT2D eigenvalue weighted by Gasteiger charge is -2.11. The molecule has 4 nitrogen and oxygen atoms in total. The van der Waals surface area contributed by atoms with Gasteiger partial charge < -0.3 is 14.8 Å². The lowest BCUT2D eigenvalue weighted by atomic mass is 10.2. The second-order valence-corrected chi connectivity index (χ2v) is 4.30. The minimum Gasteiger partial charge on any atom is -0.484 e. The first-order valence-electron chi connectivity index (χ1n) is 6.11. The third-order valence-corrected chi connectivity index (χ3v) is 2.81. The number of nitrogens with one attached hydrogen (secondary N) is 1. The zero-order valence-electron chi connectivity index (χ0n) is 10.3. The Kier molecular flexibility index (Phi) is 4.68. The van der Waals surface area contributed by atoms with E-state index in [4.69, 9.17) is 9.47 Å². The van der Waals surface area contributed by atoms with Gasteiger partial charge in [-0.1, -0.05) is 0 Å². The van der Waals surface area contributed by atoms with Crippen molar-refractivity contribution >= 4 is 5.91 Å². The third kappa shape index (κ3) is 4.17. The van der Waals surface area contributed by atoms with Crippen molar-refractivity contribution < 1.29 is 23.0 Å². The van der Waals surface area contributed by atoms with Gasteiger partial charge >= 0.3 is 0 Å². The van der Waals surface area contributed by atoms with Gasteiger partial charge in [0.1, 0.15) is 5.75 Å². The highest BCUT2D eigenvalue weighted by atomic mass is 19.2. The van der Waals surface area contributed by atoms with Crippen molar-refractivity contribution in [3.8, 4) is 5.75 Å². The molecule has 0 radical (unpaired) electrons. The number of benzene rings is 1. The van der Waals surface area contributed by atoms with Crippen LogP contribution in [0.5, 0.6) is 5.75 Å². The van der Waals surface area contributed by atoms with Gasteiger partial charge in [-0.25, -0.2) is 8.78 Å². The molecule has 1 atom stereocenters. The lowest BCUT2D eigenvalue weighted by Crippen LogP contribution is -2.35. The van der Waals surface area contributed by atoms with Crippen molar-refractivity contribution in [2.24, 2.45) is 0 Å². The fourth-order valence-corrected chi connectivity index (χ4v) is 1.80. The molecule has 1 aromatic carbocycles. The van der Waals surface area contributed by atoms with Gasteiger partial charge in [-0.05, 0) is 25.0 Å². The molecule has 2 rings (SSSR count). The summed E-state index contributed by atoms with van der Waals surface area (Å²) in [6.07, 6.45) is 2.00. The van der Waals surface area contributed by atoms with Crippen LogP contribution in [-0.2, 0) is 9.53 Å². The molecule has 0 spiro atoms. The molecule has 1 N–H and O–H groups in total. The van der Waals surface area contributed by atoms with Crippen molar-refractivity contribution in [3.63, 3.8) is 0 Å². The summed E-state index contributed by atoms with van der Waals surface area (Å²) in [5.41, 5.74) is 0. The summed E-state index contributed by atoms with van der Waals surface area (Å²) >= 11 is 0. The van der Waals surface area contributed by atoms with Crippen molar-refractivity contribution in [2.75, 3.05) is 19.8 Å². The normalized spacial score (nSPS) is 18.3.